The molecule has 1 fully saturated rings. The van der Waals surface area contributed by atoms with Gasteiger partial charge in [-0.1, -0.05) is 18.1 Å². The smallest absolute Gasteiger partial charge is 0.383 e. The molecule has 9 nitrogen and oxygen atoms in total. The third-order valence-corrected chi connectivity index (χ3v) is 7.12. The highest BCUT2D eigenvalue weighted by molar-refractivity contribution is 6.04. The number of piperazine rings is 1. The zero-order valence-electron chi connectivity index (χ0n) is 23.5. The number of anilines is 2. The summed E-state index contributed by atoms with van der Waals surface area (Å²) in [5, 5.41) is 7.68. The minimum Gasteiger partial charge on any atom is -0.383 e. The number of hydrogen-bond acceptors (Lipinski definition) is 7. The van der Waals surface area contributed by atoms with Gasteiger partial charge in [-0.05, 0) is 62.7 Å². The molecule has 12 heteroatoms. The van der Waals surface area contributed by atoms with Gasteiger partial charge in [0.2, 0.25) is 0 Å². The number of likely N-dealkylation sites (N-methyl/N-ethyl adjacent to an activating group) is 1. The summed E-state index contributed by atoms with van der Waals surface area (Å²) in [5.41, 5.74) is 7.31. The number of rotatable bonds is 5. The van der Waals surface area contributed by atoms with Crippen LogP contribution in [0.15, 0.2) is 48.8 Å². The van der Waals surface area contributed by atoms with Gasteiger partial charge in [0, 0.05) is 55.6 Å². The van der Waals surface area contributed by atoms with Gasteiger partial charge in [-0.25, -0.2) is 14.6 Å². The molecule has 0 spiro atoms. The van der Waals surface area contributed by atoms with Crippen molar-refractivity contribution in [3.05, 3.63) is 76.7 Å². The van der Waals surface area contributed by atoms with Crippen molar-refractivity contribution < 1.29 is 18.0 Å². The van der Waals surface area contributed by atoms with Crippen LogP contribution in [0.3, 0.4) is 0 Å². The first-order valence-electron chi connectivity index (χ1n) is 13.5. The van der Waals surface area contributed by atoms with Crippen LogP contribution in [0.2, 0.25) is 0 Å². The Bertz CT molecular complexity index is 1680. The van der Waals surface area contributed by atoms with E-state index in [4.69, 9.17) is 5.73 Å². The second-order valence-corrected chi connectivity index (χ2v) is 10.6. The van der Waals surface area contributed by atoms with E-state index in [1.165, 1.54) is 18.5 Å². The second kappa shape index (κ2) is 11.8. The Morgan fingerprint density at radius 1 is 1.07 bits per heavy atom. The molecule has 3 N–H and O–H groups in total. The van der Waals surface area contributed by atoms with Gasteiger partial charge in [0.1, 0.15) is 17.8 Å². The van der Waals surface area contributed by atoms with Crippen molar-refractivity contribution in [2.45, 2.75) is 32.6 Å². The fraction of sp³-hybridized carbons (Fsp3) is 0.333. The monoisotopic (exact) mass is 576 g/mol. The molecule has 0 aliphatic carbocycles. The number of halogens is 3. The Labute approximate surface area is 241 Å². The van der Waals surface area contributed by atoms with Gasteiger partial charge in [0.05, 0.1) is 10.9 Å². The summed E-state index contributed by atoms with van der Waals surface area (Å²) in [6.07, 6.45) is -3.18. The summed E-state index contributed by atoms with van der Waals surface area (Å²) in [5.74, 6) is 5.70. The summed E-state index contributed by atoms with van der Waals surface area (Å²) in [4.78, 5) is 25.5. The van der Waals surface area contributed by atoms with Crippen LogP contribution in [-0.4, -0.2) is 68.7 Å². The number of benzene rings is 2. The lowest BCUT2D eigenvalue weighted by atomic mass is 10.0. The molecule has 4 aromatic rings. The number of nitrogen functional groups attached to an aromatic ring is 1. The van der Waals surface area contributed by atoms with E-state index >= 15 is 0 Å². The van der Waals surface area contributed by atoms with Gasteiger partial charge in [-0.2, -0.15) is 18.3 Å². The van der Waals surface area contributed by atoms with Crippen molar-refractivity contribution >= 4 is 28.4 Å². The summed E-state index contributed by atoms with van der Waals surface area (Å²) in [6, 6.07) is 10.5. The molecular weight excluding hydrogens is 545 g/mol. The van der Waals surface area contributed by atoms with Crippen LogP contribution < -0.4 is 11.1 Å². The van der Waals surface area contributed by atoms with Crippen LogP contribution in [0.5, 0.6) is 0 Å². The first-order valence-corrected chi connectivity index (χ1v) is 13.5. The molecule has 2 aromatic heterocycles. The lowest BCUT2D eigenvalue weighted by Gasteiger charge is -2.33. The standard InChI is InChI=1S/C30H31F3N8O/c1-19(2)41-28-26(27(34)35-18-36-28)25(38-41)10-7-20-5-4-6-21(15-20)29(42)37-23-9-8-22(24(16-23)30(31,32)33)17-40-13-11-39(3)12-14-40/h4-6,8-9,15-16,18-19H,11-14,17H2,1-3H3,(H,37,42)(H2,34,35,36). The Morgan fingerprint density at radius 3 is 2.55 bits per heavy atom. The molecule has 3 heterocycles. The molecule has 42 heavy (non-hydrogen) atoms. The highest BCUT2D eigenvalue weighted by Crippen LogP contribution is 2.35. The third kappa shape index (κ3) is 6.37. The fourth-order valence-electron chi connectivity index (χ4n) is 4.82. The molecule has 218 valence electrons. The fourth-order valence-corrected chi connectivity index (χ4v) is 4.82. The maximum absolute atomic E-state index is 14.0. The number of fused-ring (bicyclic) bond motifs is 1. The summed E-state index contributed by atoms with van der Waals surface area (Å²) in [7, 11) is 1.99. The van der Waals surface area contributed by atoms with E-state index in [1.807, 2.05) is 25.8 Å². The van der Waals surface area contributed by atoms with E-state index in [0.29, 0.717) is 35.4 Å². The first kappa shape index (κ1) is 29.0. The van der Waals surface area contributed by atoms with E-state index in [9.17, 15) is 18.0 Å². The van der Waals surface area contributed by atoms with E-state index in [1.54, 1.807) is 28.9 Å². The van der Waals surface area contributed by atoms with Gasteiger partial charge >= 0.3 is 6.18 Å². The van der Waals surface area contributed by atoms with Crippen LogP contribution >= 0.6 is 0 Å². The van der Waals surface area contributed by atoms with Crippen LogP contribution in [-0.2, 0) is 12.7 Å². The van der Waals surface area contributed by atoms with E-state index in [-0.39, 0.29) is 35.2 Å². The highest BCUT2D eigenvalue weighted by Gasteiger charge is 2.34. The van der Waals surface area contributed by atoms with Crippen LogP contribution in [0, 0.1) is 11.8 Å². The average molecular weight is 577 g/mol. The van der Waals surface area contributed by atoms with E-state index in [0.717, 1.165) is 19.2 Å². The summed E-state index contributed by atoms with van der Waals surface area (Å²) >= 11 is 0. The second-order valence-electron chi connectivity index (χ2n) is 10.6. The van der Waals surface area contributed by atoms with Crippen molar-refractivity contribution in [1.82, 2.24) is 29.5 Å². The van der Waals surface area contributed by atoms with Gasteiger partial charge in [-0.15, -0.1) is 0 Å². The molecule has 5 rings (SSSR count). The SMILES string of the molecule is CC(C)n1nc(C#Cc2cccc(C(=O)Nc3ccc(CN4CCN(C)CC4)c(C(F)(F)F)c3)c2)c2c(N)ncnc21. The Kier molecular flexibility index (Phi) is 8.15. The maximum Gasteiger partial charge on any atom is 0.416 e. The first-order chi connectivity index (χ1) is 20.0. The number of carbonyl (C=O) groups excluding carboxylic acids is 1. The predicted octanol–water partition coefficient (Wildman–Crippen LogP) is 4.41. The zero-order chi connectivity index (χ0) is 30.0. The quantitative estimate of drug-likeness (QED) is 0.339. The number of nitrogens with two attached hydrogens (primary N) is 1. The van der Waals surface area contributed by atoms with Crippen LogP contribution in [0.4, 0.5) is 24.7 Å². The molecule has 0 saturated carbocycles. The van der Waals surface area contributed by atoms with Gasteiger partial charge in [-0.3, -0.25) is 9.69 Å². The molecule has 2 aromatic carbocycles. The topological polar surface area (TPSA) is 105 Å². The Balaban J connectivity index is 1.36. The number of carbonyl (C=O) groups is 1. The van der Waals surface area contributed by atoms with Crippen molar-refractivity contribution in [3.8, 4) is 11.8 Å². The van der Waals surface area contributed by atoms with Crippen LogP contribution in [0.25, 0.3) is 11.0 Å². The molecule has 1 amide bonds. The minimum atomic E-state index is -4.56. The van der Waals surface area contributed by atoms with Gasteiger partial charge in [0.15, 0.2) is 5.65 Å². The third-order valence-electron chi connectivity index (χ3n) is 7.12. The lowest BCUT2D eigenvalue weighted by molar-refractivity contribution is -0.138. The number of nitrogens with zero attached hydrogens (tertiary/aromatic N) is 6. The normalized spacial score (nSPS) is 14.6. The predicted molar refractivity (Wildman–Crippen MR) is 155 cm³/mol. The molecule has 0 unspecified atom stereocenters. The average Bonchev–Trinajstić information content (AvgIpc) is 3.34. The number of amides is 1. The van der Waals surface area contributed by atoms with Crippen molar-refractivity contribution in [2.75, 3.05) is 44.3 Å². The summed E-state index contributed by atoms with van der Waals surface area (Å²) in [6.45, 7) is 7.12. The molecule has 0 radical (unpaired) electrons. The molecule has 0 bridgehead atoms. The maximum atomic E-state index is 14.0. The van der Waals surface area contributed by atoms with Gasteiger partial charge < -0.3 is 16.0 Å². The van der Waals surface area contributed by atoms with E-state index in [2.05, 4.69) is 37.1 Å². The number of nitrogens with one attached hydrogen (secondary N) is 1. The number of alkyl halides is 3. The minimum absolute atomic E-state index is 0.0167. The summed E-state index contributed by atoms with van der Waals surface area (Å²) < 4.78 is 43.6. The van der Waals surface area contributed by atoms with Crippen molar-refractivity contribution in [2.24, 2.45) is 0 Å². The Hall–Kier alpha value is -4.47. The zero-order valence-corrected chi connectivity index (χ0v) is 23.5. The number of aromatic nitrogens is 4. The number of hydrogen-bond donors (Lipinski definition) is 2. The largest absolute Gasteiger partial charge is 0.416 e. The lowest BCUT2D eigenvalue weighted by Crippen LogP contribution is -2.44. The molecule has 1 saturated heterocycles. The van der Waals surface area contributed by atoms with E-state index < -0.39 is 17.6 Å². The van der Waals surface area contributed by atoms with Gasteiger partial charge in [0.25, 0.3) is 5.91 Å². The molecule has 1 aliphatic heterocycles. The van der Waals surface area contributed by atoms with Crippen LogP contribution in [0.1, 0.15) is 52.6 Å². The molecular formula is C30H31F3N8O. The van der Waals surface area contributed by atoms with Crippen molar-refractivity contribution in [1.29, 1.82) is 0 Å². The van der Waals surface area contributed by atoms with Crippen molar-refractivity contribution in [3.63, 3.8) is 0 Å². The molecule has 0 atom stereocenters. The Morgan fingerprint density at radius 2 is 1.83 bits per heavy atom. The highest BCUT2D eigenvalue weighted by atomic mass is 19.4. The molecule has 1 aliphatic rings.